The van der Waals surface area contributed by atoms with E-state index >= 15 is 0 Å². The van der Waals surface area contributed by atoms with Crippen molar-refractivity contribution in [3.8, 4) is 5.75 Å². The Hall–Kier alpha value is -1.60. The van der Waals surface area contributed by atoms with Crippen molar-refractivity contribution in [3.63, 3.8) is 0 Å². The molecule has 118 valence electrons. The van der Waals surface area contributed by atoms with Gasteiger partial charge >= 0.3 is 0 Å². The molecule has 0 saturated carbocycles. The summed E-state index contributed by atoms with van der Waals surface area (Å²) in [7, 11) is -0.998. The molecule has 0 bridgehead atoms. The Kier molecular flexibility index (Phi) is 6.17. The molecule has 0 heterocycles. The van der Waals surface area contributed by atoms with Gasteiger partial charge in [0.15, 0.2) is 0 Å². The van der Waals surface area contributed by atoms with E-state index in [-0.39, 0.29) is 28.2 Å². The second-order valence-corrected chi connectivity index (χ2v) is 6.59. The molecule has 1 atom stereocenters. The molecule has 1 aromatic rings. The number of hydrogen-bond acceptors (Lipinski definition) is 4. The zero-order valence-electron chi connectivity index (χ0n) is 12.8. The van der Waals surface area contributed by atoms with Gasteiger partial charge in [-0.25, -0.2) is 13.1 Å². The molecule has 0 aliphatic rings. The van der Waals surface area contributed by atoms with Crippen molar-refractivity contribution < 1.29 is 17.9 Å². The molecular weight excluding hydrogens is 292 g/mol. The summed E-state index contributed by atoms with van der Waals surface area (Å²) >= 11 is 0. The largest absolute Gasteiger partial charge is 0.495 e. The summed E-state index contributed by atoms with van der Waals surface area (Å²) in [6, 6.07) is 4.37. The highest BCUT2D eigenvalue weighted by Crippen LogP contribution is 2.24. The number of ether oxygens (including phenoxy) is 1. The fraction of sp³-hybridized carbons (Fsp3) is 0.500. The molecule has 1 aromatic carbocycles. The van der Waals surface area contributed by atoms with Gasteiger partial charge in [-0.3, -0.25) is 4.79 Å². The highest BCUT2D eigenvalue weighted by atomic mass is 32.2. The topological polar surface area (TPSA) is 84.5 Å². The lowest BCUT2D eigenvalue weighted by molar-refractivity contribution is 0.0938. The third-order valence-corrected chi connectivity index (χ3v) is 4.52. The van der Waals surface area contributed by atoms with Crippen LogP contribution in [0.15, 0.2) is 23.1 Å². The Labute approximate surface area is 125 Å². The van der Waals surface area contributed by atoms with Gasteiger partial charge in [-0.15, -0.1) is 0 Å². The average molecular weight is 314 g/mol. The predicted octanol–water partition coefficient (Wildman–Crippen LogP) is 1.52. The minimum absolute atomic E-state index is 0.0361. The SMILES string of the molecule is CCC[C@@H](C)NC(=O)c1ccc(OC)c(S(=O)(=O)NC)c1. The van der Waals surface area contributed by atoms with Crippen molar-refractivity contribution >= 4 is 15.9 Å². The Morgan fingerprint density at radius 1 is 1.38 bits per heavy atom. The molecule has 0 aliphatic carbocycles. The zero-order chi connectivity index (χ0) is 16.0. The van der Waals surface area contributed by atoms with Crippen LogP contribution in [0.4, 0.5) is 0 Å². The molecule has 1 amide bonds. The summed E-state index contributed by atoms with van der Waals surface area (Å²) < 4.78 is 31.2. The van der Waals surface area contributed by atoms with E-state index in [4.69, 9.17) is 4.74 Å². The van der Waals surface area contributed by atoms with Gasteiger partial charge in [0.05, 0.1) is 7.11 Å². The lowest BCUT2D eigenvalue weighted by Crippen LogP contribution is -2.32. The Morgan fingerprint density at radius 3 is 2.57 bits per heavy atom. The van der Waals surface area contributed by atoms with E-state index in [1.165, 1.54) is 26.3 Å². The quantitative estimate of drug-likeness (QED) is 0.799. The maximum Gasteiger partial charge on any atom is 0.251 e. The first-order chi connectivity index (χ1) is 9.85. The van der Waals surface area contributed by atoms with E-state index in [0.717, 1.165) is 12.8 Å². The minimum Gasteiger partial charge on any atom is -0.495 e. The van der Waals surface area contributed by atoms with Crippen molar-refractivity contribution in [3.05, 3.63) is 23.8 Å². The van der Waals surface area contributed by atoms with E-state index in [0.29, 0.717) is 0 Å². The second kappa shape index (κ2) is 7.42. The average Bonchev–Trinajstić information content (AvgIpc) is 2.46. The lowest BCUT2D eigenvalue weighted by Gasteiger charge is -2.14. The van der Waals surface area contributed by atoms with E-state index in [9.17, 15) is 13.2 Å². The Bertz CT molecular complexity index is 599. The molecule has 0 aromatic heterocycles. The number of carbonyl (C=O) groups excluding carboxylic acids is 1. The maximum absolute atomic E-state index is 12.1. The zero-order valence-corrected chi connectivity index (χ0v) is 13.6. The second-order valence-electron chi connectivity index (χ2n) is 4.74. The number of hydrogen-bond donors (Lipinski definition) is 2. The molecule has 0 fully saturated rings. The Balaban J connectivity index is 3.11. The number of benzene rings is 1. The predicted molar refractivity (Wildman–Crippen MR) is 81.1 cm³/mol. The van der Waals surface area contributed by atoms with Gasteiger partial charge < -0.3 is 10.1 Å². The van der Waals surface area contributed by atoms with Crippen molar-refractivity contribution in [1.29, 1.82) is 0 Å². The summed E-state index contributed by atoms with van der Waals surface area (Å²) in [4.78, 5) is 12.1. The first-order valence-electron chi connectivity index (χ1n) is 6.78. The van der Waals surface area contributed by atoms with Crippen molar-refractivity contribution in [2.75, 3.05) is 14.2 Å². The number of sulfonamides is 1. The van der Waals surface area contributed by atoms with Crippen LogP contribution in [-0.2, 0) is 10.0 Å². The molecule has 0 unspecified atom stereocenters. The number of rotatable bonds is 7. The lowest BCUT2D eigenvalue weighted by atomic mass is 10.1. The normalized spacial score (nSPS) is 12.8. The van der Waals surface area contributed by atoms with Gasteiger partial charge in [-0.1, -0.05) is 13.3 Å². The van der Waals surface area contributed by atoms with Crippen molar-refractivity contribution in [1.82, 2.24) is 10.0 Å². The highest BCUT2D eigenvalue weighted by molar-refractivity contribution is 7.89. The third-order valence-electron chi connectivity index (χ3n) is 3.08. The van der Waals surface area contributed by atoms with Gasteiger partial charge in [0.1, 0.15) is 10.6 Å². The van der Waals surface area contributed by atoms with Crippen LogP contribution in [0, 0.1) is 0 Å². The van der Waals surface area contributed by atoms with Gasteiger partial charge in [-0.05, 0) is 38.6 Å². The summed E-state index contributed by atoms with van der Waals surface area (Å²) in [5.41, 5.74) is 0.285. The first-order valence-corrected chi connectivity index (χ1v) is 8.26. The van der Waals surface area contributed by atoms with Crippen LogP contribution in [0.3, 0.4) is 0 Å². The van der Waals surface area contributed by atoms with Crippen LogP contribution in [0.5, 0.6) is 5.75 Å². The van der Waals surface area contributed by atoms with Crippen LogP contribution in [0.25, 0.3) is 0 Å². The number of nitrogens with one attached hydrogen (secondary N) is 2. The number of amides is 1. The van der Waals surface area contributed by atoms with Gasteiger partial charge in [-0.2, -0.15) is 0 Å². The molecule has 0 saturated heterocycles. The molecule has 6 nitrogen and oxygen atoms in total. The number of carbonyl (C=O) groups is 1. The summed E-state index contributed by atoms with van der Waals surface area (Å²) in [5.74, 6) is -0.103. The molecule has 21 heavy (non-hydrogen) atoms. The van der Waals surface area contributed by atoms with Gasteiger partial charge in [0.25, 0.3) is 5.91 Å². The Morgan fingerprint density at radius 2 is 2.05 bits per heavy atom. The molecular formula is C14H22N2O4S. The fourth-order valence-corrected chi connectivity index (χ4v) is 2.87. The molecule has 0 aliphatic heterocycles. The monoisotopic (exact) mass is 314 g/mol. The van der Waals surface area contributed by atoms with Crippen LogP contribution in [-0.4, -0.2) is 34.5 Å². The third kappa shape index (κ3) is 4.44. The molecule has 1 rings (SSSR count). The smallest absolute Gasteiger partial charge is 0.251 e. The van der Waals surface area contributed by atoms with Gasteiger partial charge in [0, 0.05) is 11.6 Å². The standard InChI is InChI=1S/C14H22N2O4S/c1-5-6-10(2)16-14(17)11-7-8-12(20-4)13(9-11)21(18,19)15-3/h7-10,15H,5-6H2,1-4H3,(H,16,17)/t10-/m1/s1. The van der Waals surface area contributed by atoms with Crippen LogP contribution >= 0.6 is 0 Å². The fourth-order valence-electron chi connectivity index (χ4n) is 1.95. The summed E-state index contributed by atoms with van der Waals surface area (Å²) in [6.07, 6.45) is 1.83. The van der Waals surface area contributed by atoms with Crippen LogP contribution in [0.2, 0.25) is 0 Å². The first kappa shape index (κ1) is 17.5. The maximum atomic E-state index is 12.1. The van der Waals surface area contributed by atoms with E-state index in [1.54, 1.807) is 6.07 Å². The van der Waals surface area contributed by atoms with E-state index in [1.807, 2.05) is 13.8 Å². The van der Waals surface area contributed by atoms with Gasteiger partial charge in [0.2, 0.25) is 10.0 Å². The molecule has 0 radical (unpaired) electrons. The molecule has 7 heteroatoms. The minimum atomic E-state index is -3.69. The number of methoxy groups -OCH3 is 1. The molecule has 2 N–H and O–H groups in total. The van der Waals surface area contributed by atoms with Crippen molar-refractivity contribution in [2.24, 2.45) is 0 Å². The van der Waals surface area contributed by atoms with Crippen LogP contribution in [0.1, 0.15) is 37.0 Å². The summed E-state index contributed by atoms with van der Waals surface area (Å²) in [5, 5.41) is 2.84. The van der Waals surface area contributed by atoms with Crippen LogP contribution < -0.4 is 14.8 Å². The summed E-state index contributed by atoms with van der Waals surface area (Å²) in [6.45, 7) is 3.95. The molecule has 0 spiro atoms. The van der Waals surface area contributed by atoms with Crippen molar-refractivity contribution in [2.45, 2.75) is 37.6 Å². The highest BCUT2D eigenvalue weighted by Gasteiger charge is 2.20. The van der Waals surface area contributed by atoms with E-state index < -0.39 is 10.0 Å². The van der Waals surface area contributed by atoms with E-state index in [2.05, 4.69) is 10.0 Å².